The number of benzene rings is 1. The van der Waals surface area contributed by atoms with Gasteiger partial charge in [-0.3, -0.25) is 0 Å². The molecule has 0 aliphatic heterocycles. The molecule has 0 fully saturated rings. The molecule has 3 aromatic rings. The summed E-state index contributed by atoms with van der Waals surface area (Å²) in [5.74, 6) is 0. The van der Waals surface area contributed by atoms with E-state index in [1.54, 1.807) is 0 Å². The van der Waals surface area contributed by atoms with Gasteiger partial charge < -0.3 is 10.1 Å². The fraction of sp³-hybridized carbons (Fsp3) is 0.188. The number of pyridine rings is 1. The van der Waals surface area contributed by atoms with Gasteiger partial charge in [-0.1, -0.05) is 12.1 Å². The third-order valence-corrected chi connectivity index (χ3v) is 3.32. The molecule has 0 unspecified atom stereocenters. The Bertz CT molecular complexity index is 696. The van der Waals surface area contributed by atoms with Crippen molar-refractivity contribution in [2.24, 2.45) is 0 Å². The summed E-state index contributed by atoms with van der Waals surface area (Å²) in [6, 6.07) is 12.3. The van der Waals surface area contributed by atoms with Crippen molar-refractivity contribution in [3.05, 3.63) is 65.6 Å². The predicted molar refractivity (Wildman–Crippen MR) is 78.2 cm³/mol. The number of aryl methyl sites for hydroxylation is 3. The van der Waals surface area contributed by atoms with E-state index in [1.807, 2.05) is 12.1 Å². The highest BCUT2D eigenvalue weighted by Crippen LogP contribution is 2.11. The summed E-state index contributed by atoms with van der Waals surface area (Å²) < 4.78 is 2.07. The first-order chi connectivity index (χ1) is 9.20. The van der Waals surface area contributed by atoms with E-state index in [0.717, 1.165) is 29.9 Å². The SMILES string of the molecule is Cc1ccn2cc(CCc3ccc(N)cc3)nc2c1. The van der Waals surface area contributed by atoms with Crippen LogP contribution in [0, 0.1) is 6.92 Å². The van der Waals surface area contributed by atoms with Gasteiger partial charge in [0.1, 0.15) is 5.65 Å². The Kier molecular flexibility index (Phi) is 2.95. The summed E-state index contributed by atoms with van der Waals surface area (Å²) >= 11 is 0. The fourth-order valence-electron chi connectivity index (χ4n) is 2.21. The molecule has 0 aliphatic carbocycles. The van der Waals surface area contributed by atoms with E-state index in [9.17, 15) is 0 Å². The maximum absolute atomic E-state index is 5.68. The van der Waals surface area contributed by atoms with Crippen LogP contribution in [0.15, 0.2) is 48.8 Å². The number of fused-ring (bicyclic) bond motifs is 1. The third kappa shape index (κ3) is 2.60. The summed E-state index contributed by atoms with van der Waals surface area (Å²) in [5.41, 5.74) is 11.2. The van der Waals surface area contributed by atoms with Gasteiger partial charge in [0.2, 0.25) is 0 Å². The van der Waals surface area contributed by atoms with Gasteiger partial charge in [0.15, 0.2) is 0 Å². The molecule has 0 saturated heterocycles. The second-order valence-electron chi connectivity index (χ2n) is 4.94. The number of aromatic nitrogens is 2. The van der Waals surface area contributed by atoms with Gasteiger partial charge in [-0.2, -0.15) is 0 Å². The minimum Gasteiger partial charge on any atom is -0.399 e. The first kappa shape index (κ1) is 11.8. The van der Waals surface area contributed by atoms with Crippen LogP contribution in [-0.4, -0.2) is 9.38 Å². The highest BCUT2D eigenvalue weighted by Gasteiger charge is 2.02. The lowest BCUT2D eigenvalue weighted by Crippen LogP contribution is -1.92. The second-order valence-corrected chi connectivity index (χ2v) is 4.94. The molecule has 0 saturated carbocycles. The van der Waals surface area contributed by atoms with Crippen molar-refractivity contribution < 1.29 is 0 Å². The number of hydrogen-bond donors (Lipinski definition) is 1. The minimum absolute atomic E-state index is 0.812. The molecule has 0 radical (unpaired) electrons. The molecule has 2 N–H and O–H groups in total. The summed E-state index contributed by atoms with van der Waals surface area (Å²) in [6.07, 6.45) is 6.10. The van der Waals surface area contributed by atoms with Gasteiger partial charge in [0, 0.05) is 18.1 Å². The van der Waals surface area contributed by atoms with Crippen LogP contribution < -0.4 is 5.73 Å². The number of anilines is 1. The Labute approximate surface area is 112 Å². The highest BCUT2D eigenvalue weighted by molar-refractivity contribution is 5.43. The van der Waals surface area contributed by atoms with Crippen LogP contribution in [0.3, 0.4) is 0 Å². The number of nitrogens with zero attached hydrogens (tertiary/aromatic N) is 2. The Morgan fingerprint density at radius 2 is 1.89 bits per heavy atom. The predicted octanol–water partition coefficient (Wildman–Crippen LogP) is 3.01. The van der Waals surface area contributed by atoms with E-state index in [1.165, 1.54) is 11.1 Å². The van der Waals surface area contributed by atoms with Crippen LogP contribution in [0.25, 0.3) is 5.65 Å². The summed E-state index contributed by atoms with van der Waals surface area (Å²) in [6.45, 7) is 2.09. The van der Waals surface area contributed by atoms with Crippen molar-refractivity contribution in [2.45, 2.75) is 19.8 Å². The molecule has 3 nitrogen and oxygen atoms in total. The maximum Gasteiger partial charge on any atom is 0.137 e. The summed E-state index contributed by atoms with van der Waals surface area (Å²) in [5, 5.41) is 0. The van der Waals surface area contributed by atoms with Crippen molar-refractivity contribution in [1.82, 2.24) is 9.38 Å². The topological polar surface area (TPSA) is 43.3 Å². The van der Waals surface area contributed by atoms with Crippen molar-refractivity contribution in [2.75, 3.05) is 5.73 Å². The average molecular weight is 251 g/mol. The van der Waals surface area contributed by atoms with Crippen LogP contribution in [0.5, 0.6) is 0 Å². The molecule has 0 spiro atoms. The molecule has 0 amide bonds. The fourth-order valence-corrected chi connectivity index (χ4v) is 2.21. The van der Waals surface area contributed by atoms with Crippen molar-refractivity contribution in [3.8, 4) is 0 Å². The number of imidazole rings is 1. The van der Waals surface area contributed by atoms with Gasteiger partial charge in [-0.15, -0.1) is 0 Å². The van der Waals surface area contributed by atoms with E-state index < -0.39 is 0 Å². The Morgan fingerprint density at radius 3 is 2.68 bits per heavy atom. The van der Waals surface area contributed by atoms with Gasteiger partial charge in [-0.25, -0.2) is 4.98 Å². The molecular weight excluding hydrogens is 234 g/mol. The van der Waals surface area contributed by atoms with E-state index in [2.05, 4.69) is 53.0 Å². The minimum atomic E-state index is 0.812. The first-order valence-corrected chi connectivity index (χ1v) is 6.49. The maximum atomic E-state index is 5.68. The Hall–Kier alpha value is -2.29. The van der Waals surface area contributed by atoms with Gasteiger partial charge in [-0.05, 0) is 55.2 Å². The molecule has 1 aromatic carbocycles. The van der Waals surface area contributed by atoms with Gasteiger partial charge >= 0.3 is 0 Å². The van der Waals surface area contributed by atoms with E-state index in [0.29, 0.717) is 0 Å². The molecule has 2 heterocycles. The number of nitrogen functional groups attached to an aromatic ring is 1. The standard InChI is InChI=1S/C16H17N3/c1-12-8-9-19-11-15(18-16(19)10-12)7-4-13-2-5-14(17)6-3-13/h2-3,5-6,8-11H,4,7,17H2,1H3. The molecule has 2 aromatic heterocycles. The Morgan fingerprint density at radius 1 is 1.11 bits per heavy atom. The van der Waals surface area contributed by atoms with Crippen LogP contribution in [0.1, 0.15) is 16.8 Å². The lowest BCUT2D eigenvalue weighted by molar-refractivity contribution is 0.927. The summed E-state index contributed by atoms with van der Waals surface area (Å²) in [4.78, 5) is 4.64. The van der Waals surface area contributed by atoms with Crippen LogP contribution >= 0.6 is 0 Å². The molecule has 0 aliphatic rings. The number of hydrogen-bond acceptors (Lipinski definition) is 2. The zero-order valence-corrected chi connectivity index (χ0v) is 11.0. The molecule has 0 atom stereocenters. The van der Waals surface area contributed by atoms with Crippen molar-refractivity contribution in [1.29, 1.82) is 0 Å². The quantitative estimate of drug-likeness (QED) is 0.727. The van der Waals surface area contributed by atoms with Gasteiger partial charge in [0.05, 0.1) is 5.69 Å². The first-order valence-electron chi connectivity index (χ1n) is 6.49. The largest absolute Gasteiger partial charge is 0.399 e. The normalized spacial score (nSPS) is 11.0. The van der Waals surface area contributed by atoms with E-state index in [-0.39, 0.29) is 0 Å². The lowest BCUT2D eigenvalue weighted by Gasteiger charge is -1.99. The molecule has 3 heteroatoms. The van der Waals surface area contributed by atoms with Crippen LogP contribution in [0.4, 0.5) is 5.69 Å². The Balaban J connectivity index is 1.76. The van der Waals surface area contributed by atoms with E-state index >= 15 is 0 Å². The highest BCUT2D eigenvalue weighted by atomic mass is 15.0. The molecule has 3 rings (SSSR count). The molecule has 0 bridgehead atoms. The monoisotopic (exact) mass is 251 g/mol. The van der Waals surface area contributed by atoms with Crippen LogP contribution in [0.2, 0.25) is 0 Å². The zero-order valence-electron chi connectivity index (χ0n) is 11.0. The van der Waals surface area contributed by atoms with E-state index in [4.69, 9.17) is 5.73 Å². The average Bonchev–Trinajstić information content (AvgIpc) is 2.80. The molecule has 96 valence electrons. The summed E-state index contributed by atoms with van der Waals surface area (Å²) in [7, 11) is 0. The second kappa shape index (κ2) is 4.76. The smallest absolute Gasteiger partial charge is 0.137 e. The molecular formula is C16H17N3. The van der Waals surface area contributed by atoms with Crippen molar-refractivity contribution >= 4 is 11.3 Å². The lowest BCUT2D eigenvalue weighted by atomic mass is 10.1. The number of rotatable bonds is 3. The zero-order chi connectivity index (χ0) is 13.2. The third-order valence-electron chi connectivity index (χ3n) is 3.32. The number of nitrogens with two attached hydrogens (primary N) is 1. The van der Waals surface area contributed by atoms with Crippen LogP contribution in [-0.2, 0) is 12.8 Å². The van der Waals surface area contributed by atoms with Gasteiger partial charge in [0.25, 0.3) is 0 Å². The molecule has 19 heavy (non-hydrogen) atoms. The van der Waals surface area contributed by atoms with Crippen molar-refractivity contribution in [3.63, 3.8) is 0 Å².